The molecule has 1 aromatic carbocycles. The van der Waals surface area contributed by atoms with Crippen molar-refractivity contribution in [3.8, 4) is 0 Å². The Morgan fingerprint density at radius 2 is 1.90 bits per heavy atom. The fraction of sp³-hybridized carbons (Fsp3) is 0. The van der Waals surface area contributed by atoms with Crippen molar-refractivity contribution in [1.82, 2.24) is 4.98 Å². The number of nitrogens with one attached hydrogen (secondary N) is 2. The highest BCUT2D eigenvalue weighted by molar-refractivity contribution is 6.06. The van der Waals surface area contributed by atoms with Crippen LogP contribution in [0.4, 0.5) is 11.5 Å². The van der Waals surface area contributed by atoms with Crippen LogP contribution < -0.4 is 5.32 Å². The number of benzene rings is 1. The number of para-hydroxylation sites is 1. The van der Waals surface area contributed by atoms with E-state index in [4.69, 9.17) is 5.11 Å². The Balaban J connectivity index is 2.23. The lowest BCUT2D eigenvalue weighted by atomic mass is 10.2. The fourth-order valence-electron chi connectivity index (χ4n) is 1.59. The molecule has 8 heteroatoms. The number of nitro groups is 1. The molecule has 0 unspecified atom stereocenters. The van der Waals surface area contributed by atoms with Crippen molar-refractivity contribution in [2.45, 2.75) is 0 Å². The first kappa shape index (κ1) is 13.3. The summed E-state index contributed by atoms with van der Waals surface area (Å²) in [6, 6.07) is 8.26. The van der Waals surface area contributed by atoms with Crippen molar-refractivity contribution in [1.29, 1.82) is 0 Å². The molecule has 20 heavy (non-hydrogen) atoms. The summed E-state index contributed by atoms with van der Waals surface area (Å²) in [6.07, 6.45) is 0. The number of carboxylic acid groups (broad SMARTS) is 1. The van der Waals surface area contributed by atoms with Crippen LogP contribution in [-0.2, 0) is 0 Å². The van der Waals surface area contributed by atoms with Gasteiger partial charge in [-0.2, -0.15) is 0 Å². The van der Waals surface area contributed by atoms with Crippen LogP contribution in [0.2, 0.25) is 0 Å². The largest absolute Gasteiger partial charge is 0.478 e. The molecule has 1 aromatic heterocycles. The van der Waals surface area contributed by atoms with Crippen molar-refractivity contribution in [3.05, 3.63) is 57.8 Å². The second-order valence-corrected chi connectivity index (χ2v) is 3.82. The molecular formula is C12H9N3O5. The summed E-state index contributed by atoms with van der Waals surface area (Å²) in [7, 11) is 0. The molecule has 0 saturated heterocycles. The van der Waals surface area contributed by atoms with Gasteiger partial charge < -0.3 is 20.5 Å². The van der Waals surface area contributed by atoms with E-state index in [0.717, 1.165) is 6.07 Å². The van der Waals surface area contributed by atoms with Crippen molar-refractivity contribution in [3.63, 3.8) is 0 Å². The predicted molar refractivity (Wildman–Crippen MR) is 68.8 cm³/mol. The molecule has 0 aliphatic heterocycles. The maximum absolute atomic E-state index is 11.9. The molecule has 0 aliphatic carbocycles. The molecule has 8 nitrogen and oxygen atoms in total. The highest BCUT2D eigenvalue weighted by Crippen LogP contribution is 2.17. The molecule has 1 amide bonds. The average Bonchev–Trinajstić information content (AvgIpc) is 2.89. The van der Waals surface area contributed by atoms with Gasteiger partial charge in [0.15, 0.2) is 5.69 Å². The van der Waals surface area contributed by atoms with E-state index in [1.807, 2.05) is 0 Å². The average molecular weight is 275 g/mol. The number of nitrogens with zero attached hydrogens (tertiary/aromatic N) is 1. The van der Waals surface area contributed by atoms with E-state index in [9.17, 15) is 19.7 Å². The minimum atomic E-state index is -1.18. The fourth-order valence-corrected chi connectivity index (χ4v) is 1.59. The highest BCUT2D eigenvalue weighted by Gasteiger charge is 2.17. The number of amides is 1. The monoisotopic (exact) mass is 275 g/mol. The SMILES string of the molecule is O=C(Nc1ccccc1C(=O)O)c1ccc([N+](=O)[O-])[nH]1. The van der Waals surface area contributed by atoms with Crippen LogP contribution in [0.1, 0.15) is 20.8 Å². The van der Waals surface area contributed by atoms with Gasteiger partial charge in [0.2, 0.25) is 0 Å². The van der Waals surface area contributed by atoms with Gasteiger partial charge in [-0.1, -0.05) is 12.1 Å². The number of carboxylic acids is 1. The Hall–Kier alpha value is -3.16. The Morgan fingerprint density at radius 1 is 1.20 bits per heavy atom. The highest BCUT2D eigenvalue weighted by atomic mass is 16.6. The van der Waals surface area contributed by atoms with Crippen LogP contribution in [0.15, 0.2) is 36.4 Å². The van der Waals surface area contributed by atoms with Crippen LogP contribution in [0, 0.1) is 10.1 Å². The van der Waals surface area contributed by atoms with Crippen LogP contribution in [-0.4, -0.2) is 26.9 Å². The van der Waals surface area contributed by atoms with Gasteiger partial charge in [-0.15, -0.1) is 0 Å². The van der Waals surface area contributed by atoms with Crippen molar-refractivity contribution in [2.75, 3.05) is 5.32 Å². The van der Waals surface area contributed by atoms with E-state index in [2.05, 4.69) is 10.3 Å². The number of anilines is 1. The van der Waals surface area contributed by atoms with Gasteiger partial charge in [-0.3, -0.25) is 4.79 Å². The Bertz CT molecular complexity index is 692. The molecule has 0 radical (unpaired) electrons. The summed E-state index contributed by atoms with van der Waals surface area (Å²) < 4.78 is 0. The number of rotatable bonds is 4. The first-order valence-electron chi connectivity index (χ1n) is 5.46. The number of hydrogen-bond donors (Lipinski definition) is 3. The van der Waals surface area contributed by atoms with Gasteiger partial charge >= 0.3 is 11.8 Å². The van der Waals surface area contributed by atoms with Crippen molar-refractivity contribution >= 4 is 23.4 Å². The molecular weight excluding hydrogens is 266 g/mol. The predicted octanol–water partition coefficient (Wildman–Crippen LogP) is 1.87. The van der Waals surface area contributed by atoms with Gasteiger partial charge in [-0.25, -0.2) is 9.78 Å². The maximum Gasteiger partial charge on any atom is 0.337 e. The molecule has 2 rings (SSSR count). The Labute approximate surface area is 112 Å². The van der Waals surface area contributed by atoms with Crippen LogP contribution in [0.5, 0.6) is 0 Å². The van der Waals surface area contributed by atoms with Gasteiger partial charge in [0, 0.05) is 6.07 Å². The van der Waals surface area contributed by atoms with E-state index >= 15 is 0 Å². The standard InChI is InChI=1S/C12H9N3O5/c16-11(9-5-6-10(13-9)15(19)20)14-8-4-2-1-3-7(8)12(17)18/h1-6,13H,(H,14,16)(H,17,18). The third-order valence-corrected chi connectivity index (χ3v) is 2.52. The van der Waals surface area contributed by atoms with E-state index in [0.29, 0.717) is 0 Å². The number of aromatic carboxylic acids is 1. The molecule has 102 valence electrons. The molecule has 2 aromatic rings. The number of aromatic nitrogens is 1. The number of aromatic amines is 1. The number of hydrogen-bond acceptors (Lipinski definition) is 4. The molecule has 3 N–H and O–H groups in total. The van der Waals surface area contributed by atoms with E-state index in [1.165, 1.54) is 24.3 Å². The lowest BCUT2D eigenvalue weighted by Gasteiger charge is -2.05. The molecule has 0 atom stereocenters. The van der Waals surface area contributed by atoms with Crippen LogP contribution in [0.3, 0.4) is 0 Å². The molecule has 1 heterocycles. The zero-order valence-electron chi connectivity index (χ0n) is 9.99. The summed E-state index contributed by atoms with van der Waals surface area (Å²) >= 11 is 0. The molecule has 0 spiro atoms. The Kier molecular flexibility index (Phi) is 3.47. The van der Waals surface area contributed by atoms with Gasteiger partial charge in [0.25, 0.3) is 5.91 Å². The maximum atomic E-state index is 11.9. The summed E-state index contributed by atoms with van der Waals surface area (Å²) in [6.45, 7) is 0. The van der Waals surface area contributed by atoms with Crippen molar-refractivity contribution in [2.24, 2.45) is 0 Å². The Morgan fingerprint density at radius 3 is 2.50 bits per heavy atom. The second-order valence-electron chi connectivity index (χ2n) is 3.82. The van der Waals surface area contributed by atoms with Gasteiger partial charge in [0.1, 0.15) is 0 Å². The zero-order chi connectivity index (χ0) is 14.7. The minimum Gasteiger partial charge on any atom is -0.478 e. The van der Waals surface area contributed by atoms with Gasteiger partial charge in [0.05, 0.1) is 11.3 Å². The quantitative estimate of drug-likeness (QED) is 0.580. The zero-order valence-corrected chi connectivity index (χ0v) is 9.99. The number of H-pyrrole nitrogens is 1. The lowest BCUT2D eigenvalue weighted by Crippen LogP contribution is -2.15. The van der Waals surface area contributed by atoms with Crippen LogP contribution >= 0.6 is 0 Å². The number of carbonyl (C=O) groups is 2. The van der Waals surface area contributed by atoms with E-state index in [-0.39, 0.29) is 22.8 Å². The van der Waals surface area contributed by atoms with E-state index < -0.39 is 16.8 Å². The molecule has 0 aliphatic rings. The van der Waals surface area contributed by atoms with Crippen LogP contribution in [0.25, 0.3) is 0 Å². The lowest BCUT2D eigenvalue weighted by molar-refractivity contribution is -0.389. The third-order valence-electron chi connectivity index (χ3n) is 2.52. The third kappa shape index (κ3) is 2.64. The first-order chi connectivity index (χ1) is 9.49. The molecule has 0 bridgehead atoms. The first-order valence-corrected chi connectivity index (χ1v) is 5.46. The molecule has 0 saturated carbocycles. The normalized spacial score (nSPS) is 10.0. The number of carbonyl (C=O) groups excluding carboxylic acids is 1. The van der Waals surface area contributed by atoms with E-state index in [1.54, 1.807) is 6.07 Å². The molecule has 0 fully saturated rings. The second kappa shape index (κ2) is 5.22. The summed E-state index contributed by atoms with van der Waals surface area (Å²) in [5.41, 5.74) is 0.0149. The topological polar surface area (TPSA) is 125 Å². The smallest absolute Gasteiger partial charge is 0.337 e. The van der Waals surface area contributed by atoms with Crippen molar-refractivity contribution < 1.29 is 19.6 Å². The minimum absolute atomic E-state index is 0.0307. The summed E-state index contributed by atoms with van der Waals surface area (Å²) in [4.78, 5) is 35.0. The summed E-state index contributed by atoms with van der Waals surface area (Å²) in [5.74, 6) is -2.16. The summed E-state index contributed by atoms with van der Waals surface area (Å²) in [5, 5.41) is 21.9. The van der Waals surface area contributed by atoms with Gasteiger partial charge in [-0.05, 0) is 23.1 Å².